The molecule has 4 aromatic carbocycles. The van der Waals surface area contributed by atoms with E-state index in [0.717, 1.165) is 42.6 Å². The molecule has 1 aliphatic carbocycles. The van der Waals surface area contributed by atoms with E-state index in [-0.39, 0.29) is 74.0 Å². The normalized spacial score (nSPS) is 18.4. The molecule has 72 heavy (non-hydrogen) atoms. The number of hydrogen-bond donors (Lipinski definition) is 4. The van der Waals surface area contributed by atoms with E-state index in [9.17, 15) is 28.0 Å². The minimum atomic E-state index is -0.719. The summed E-state index contributed by atoms with van der Waals surface area (Å²) in [6.45, 7) is 2.59. The quantitative estimate of drug-likeness (QED) is 0.0524. The number of carbonyl (C=O) groups is 4. The van der Waals surface area contributed by atoms with Crippen LogP contribution in [0, 0.1) is 11.6 Å². The van der Waals surface area contributed by atoms with Crippen molar-refractivity contribution in [3.63, 3.8) is 0 Å². The van der Waals surface area contributed by atoms with Crippen molar-refractivity contribution in [2.45, 2.75) is 76.2 Å². The summed E-state index contributed by atoms with van der Waals surface area (Å²) >= 11 is 6.38. The van der Waals surface area contributed by atoms with Crippen molar-refractivity contribution in [2.24, 2.45) is 4.99 Å². The fourth-order valence-corrected chi connectivity index (χ4v) is 9.78. The number of ether oxygens (including phenoxy) is 2. The maximum atomic E-state index is 15.0. The van der Waals surface area contributed by atoms with Gasteiger partial charge in [0.25, 0.3) is 5.91 Å². The first kappa shape index (κ1) is 48.3. The van der Waals surface area contributed by atoms with Gasteiger partial charge in [0, 0.05) is 76.0 Å². The van der Waals surface area contributed by atoms with Crippen molar-refractivity contribution >= 4 is 58.3 Å². The van der Waals surface area contributed by atoms with E-state index >= 15 is 0 Å². The number of nitrogens with one attached hydrogen (secondary N) is 4. The molecule has 5 heterocycles. The lowest BCUT2D eigenvalue weighted by Crippen LogP contribution is -2.52. The molecule has 370 valence electrons. The summed E-state index contributed by atoms with van der Waals surface area (Å²) < 4.78 is 43.3. The Balaban J connectivity index is 0.618. The van der Waals surface area contributed by atoms with E-state index < -0.39 is 23.6 Å². The molecule has 1 saturated heterocycles. The lowest BCUT2D eigenvalue weighted by Gasteiger charge is -2.29. The predicted octanol–water partition coefficient (Wildman–Crippen LogP) is 7.32. The summed E-state index contributed by atoms with van der Waals surface area (Å²) in [5.41, 5.74) is 6.50. The molecule has 2 fully saturated rings. The maximum absolute atomic E-state index is 15.0. The standard InChI is InChI=1S/C52H50ClF2N11O6/c53-33-6-14-39-40(25-33)49(47-41(54)2-1-3-42(47)55)57-26-32-27-58-52(62-48(32)39)60-35-7-4-30(5-8-35)43-29-66(64-63-43)37-12-9-34(10-13-37)56-19-21-72-23-22-71-20-18-46(68)59-36-11-15-38-31(24-36)28-65(51(38)70)44-16-17-45(67)61-50(44)69/h1-8,11,14-15,24-25,27,29,34,37,44,56H,9-10,12-13,16-23,26,28H2,(H,59,68)(H,58,60,62)(H,61,67,69)/t34-,37+,44?. The first-order chi connectivity index (χ1) is 35.0. The lowest BCUT2D eigenvalue weighted by atomic mass is 9.91. The molecule has 17 nitrogen and oxygen atoms in total. The van der Waals surface area contributed by atoms with Gasteiger partial charge >= 0.3 is 0 Å². The fourth-order valence-electron chi connectivity index (χ4n) is 9.61. The third kappa shape index (κ3) is 10.8. The highest BCUT2D eigenvalue weighted by atomic mass is 35.5. The minimum Gasteiger partial charge on any atom is -0.379 e. The van der Waals surface area contributed by atoms with Crippen LogP contribution >= 0.6 is 11.6 Å². The number of fused-ring (bicyclic) bond motifs is 4. The molecular formula is C52H50ClF2N11O6. The number of imide groups is 1. The minimum absolute atomic E-state index is 0.119. The molecule has 1 atom stereocenters. The molecule has 6 aromatic rings. The SMILES string of the molecule is O=C1CCC(N2Cc3cc(NC(=O)CCOCCOCCN[C@H]4CC[C@@H](n5cc(-c6ccc(Nc7ncc8c(n7)-c7ccc(Cl)cc7C(c7c(F)cccc7F)=NC8)cc6)nn5)CC4)ccc3C2=O)C(=O)N1. The van der Waals surface area contributed by atoms with E-state index in [4.69, 9.17) is 26.1 Å². The number of hydrogen-bond acceptors (Lipinski definition) is 13. The number of aromatic nitrogens is 5. The first-order valence-electron chi connectivity index (χ1n) is 24.0. The average molecular weight is 998 g/mol. The summed E-state index contributed by atoms with van der Waals surface area (Å²) in [7, 11) is 0. The van der Waals surface area contributed by atoms with Gasteiger partial charge in [0.05, 0.1) is 68.6 Å². The van der Waals surface area contributed by atoms with Crippen LogP contribution in [-0.4, -0.2) is 104 Å². The summed E-state index contributed by atoms with van der Waals surface area (Å²) in [6.07, 6.45) is 8.21. The number of benzene rings is 4. The van der Waals surface area contributed by atoms with Gasteiger partial charge in [-0.15, -0.1) is 5.10 Å². The van der Waals surface area contributed by atoms with Gasteiger partial charge in [-0.05, 0) is 92.3 Å². The van der Waals surface area contributed by atoms with Crippen LogP contribution in [-0.2, 0) is 36.9 Å². The Hall–Kier alpha value is -7.32. The van der Waals surface area contributed by atoms with Crippen molar-refractivity contribution in [1.82, 2.24) is 40.5 Å². The highest BCUT2D eigenvalue weighted by Crippen LogP contribution is 2.36. The van der Waals surface area contributed by atoms with Gasteiger partial charge in [-0.25, -0.2) is 23.4 Å². The van der Waals surface area contributed by atoms with Crippen LogP contribution in [0.3, 0.4) is 0 Å². The van der Waals surface area contributed by atoms with E-state index in [0.29, 0.717) is 82.6 Å². The predicted molar refractivity (Wildman–Crippen MR) is 264 cm³/mol. The highest BCUT2D eigenvalue weighted by Gasteiger charge is 2.39. The molecule has 0 radical (unpaired) electrons. The number of rotatable bonds is 17. The lowest BCUT2D eigenvalue weighted by molar-refractivity contribution is -0.137. The number of carbonyl (C=O) groups excluding carboxylic acids is 4. The largest absolute Gasteiger partial charge is 0.379 e. The van der Waals surface area contributed by atoms with Crippen molar-refractivity contribution in [3.05, 3.63) is 136 Å². The zero-order valence-electron chi connectivity index (χ0n) is 39.0. The molecule has 20 heteroatoms. The zero-order chi connectivity index (χ0) is 49.7. The van der Waals surface area contributed by atoms with Crippen LogP contribution in [0.5, 0.6) is 0 Å². The molecule has 4 N–H and O–H groups in total. The molecule has 4 amide bonds. The molecule has 1 unspecified atom stereocenters. The van der Waals surface area contributed by atoms with Crippen molar-refractivity contribution in [2.75, 3.05) is 43.6 Å². The third-order valence-electron chi connectivity index (χ3n) is 13.3. The Morgan fingerprint density at radius 1 is 0.833 bits per heavy atom. The molecule has 3 aliphatic heterocycles. The Morgan fingerprint density at radius 2 is 1.60 bits per heavy atom. The number of aliphatic imine (C=N–C) groups is 1. The number of anilines is 3. The van der Waals surface area contributed by atoms with Crippen molar-refractivity contribution in [1.29, 1.82) is 0 Å². The molecule has 2 aromatic heterocycles. The fraction of sp³-hybridized carbons (Fsp3) is 0.327. The molecule has 10 rings (SSSR count). The Morgan fingerprint density at radius 3 is 2.39 bits per heavy atom. The van der Waals surface area contributed by atoms with E-state index in [1.54, 1.807) is 42.6 Å². The van der Waals surface area contributed by atoms with Gasteiger partial charge in [0.2, 0.25) is 23.7 Å². The summed E-state index contributed by atoms with van der Waals surface area (Å²) in [5.74, 6) is -2.39. The maximum Gasteiger partial charge on any atom is 0.255 e. The molecule has 1 saturated carbocycles. The van der Waals surface area contributed by atoms with Crippen LogP contribution < -0.4 is 21.3 Å². The molecule has 0 bridgehead atoms. The summed E-state index contributed by atoms with van der Waals surface area (Å²) in [6, 6.07) is 21.6. The van der Waals surface area contributed by atoms with Crippen molar-refractivity contribution in [3.8, 4) is 22.5 Å². The smallest absolute Gasteiger partial charge is 0.255 e. The van der Waals surface area contributed by atoms with Crippen LogP contribution in [0.1, 0.15) is 83.6 Å². The second kappa shape index (κ2) is 21.6. The first-order valence-corrected chi connectivity index (χ1v) is 24.3. The summed E-state index contributed by atoms with van der Waals surface area (Å²) in [4.78, 5) is 64.8. The van der Waals surface area contributed by atoms with Crippen LogP contribution in [0.25, 0.3) is 22.5 Å². The Labute approximate surface area is 417 Å². The van der Waals surface area contributed by atoms with E-state index in [1.807, 2.05) is 35.1 Å². The topological polar surface area (TPSA) is 207 Å². The van der Waals surface area contributed by atoms with E-state index in [2.05, 4.69) is 41.6 Å². The zero-order valence-corrected chi connectivity index (χ0v) is 39.8. The monoisotopic (exact) mass is 997 g/mol. The van der Waals surface area contributed by atoms with Gasteiger partial charge in [-0.2, -0.15) is 0 Å². The molecular weight excluding hydrogens is 948 g/mol. The number of nitrogens with zero attached hydrogens (tertiary/aromatic N) is 7. The van der Waals surface area contributed by atoms with Crippen LogP contribution in [0.15, 0.2) is 96.2 Å². The Bertz CT molecular complexity index is 3050. The van der Waals surface area contributed by atoms with Gasteiger partial charge in [-0.3, -0.25) is 29.5 Å². The number of halogens is 3. The average Bonchev–Trinajstić information content (AvgIpc) is 3.96. The number of piperidine rings is 1. The third-order valence-corrected chi connectivity index (χ3v) is 13.5. The van der Waals surface area contributed by atoms with Gasteiger partial charge in [0.15, 0.2) is 0 Å². The van der Waals surface area contributed by atoms with Crippen molar-refractivity contribution < 1.29 is 37.4 Å². The van der Waals surface area contributed by atoms with Gasteiger partial charge in [-0.1, -0.05) is 41.1 Å². The summed E-state index contributed by atoms with van der Waals surface area (Å²) in [5, 5.41) is 21.4. The Kier molecular flexibility index (Phi) is 14.5. The number of amides is 4. The molecule has 0 spiro atoms. The van der Waals surface area contributed by atoms with Gasteiger partial charge in [0.1, 0.15) is 23.4 Å². The second-order valence-electron chi connectivity index (χ2n) is 18.1. The molecule has 4 aliphatic rings. The highest BCUT2D eigenvalue weighted by molar-refractivity contribution is 6.31. The van der Waals surface area contributed by atoms with Gasteiger partial charge < -0.3 is 30.3 Å². The van der Waals surface area contributed by atoms with Crippen LogP contribution in [0.4, 0.5) is 26.1 Å². The second-order valence-corrected chi connectivity index (χ2v) is 18.5. The van der Waals surface area contributed by atoms with Crippen LogP contribution in [0.2, 0.25) is 5.02 Å². The van der Waals surface area contributed by atoms with E-state index in [1.165, 1.54) is 23.1 Å².